The predicted octanol–water partition coefficient (Wildman–Crippen LogP) is 5.45. The Balaban J connectivity index is 1.79. The molecule has 6 nitrogen and oxygen atoms in total. The molecule has 0 fully saturated rings. The lowest BCUT2D eigenvalue weighted by Gasteiger charge is -2.21. The summed E-state index contributed by atoms with van der Waals surface area (Å²) in [6.07, 6.45) is 0. The molecule has 3 aromatic rings. The van der Waals surface area contributed by atoms with Crippen molar-refractivity contribution < 1.29 is 23.8 Å². The summed E-state index contributed by atoms with van der Waals surface area (Å²) in [5.41, 5.74) is -0.165. The molecule has 0 heterocycles. The molecule has 160 valence electrons. The standard InChI is InChI=1S/C25H25NO5/c1-25(2,3)31-24(28)21-15-14-20(30-19-12-8-5-9-13-19)16-22(21)26-23(27)17-29-18-10-6-4-7-11-18/h4-16H,17H2,1-3H3,(H,26,27). The number of para-hydroxylation sites is 2. The maximum atomic E-state index is 12.7. The fourth-order valence-electron chi connectivity index (χ4n) is 2.68. The molecule has 1 amide bonds. The summed E-state index contributed by atoms with van der Waals surface area (Å²) in [6, 6.07) is 23.0. The number of rotatable bonds is 7. The SMILES string of the molecule is CC(C)(C)OC(=O)c1ccc(Oc2ccccc2)cc1NC(=O)COc1ccccc1. The molecule has 6 heteroatoms. The van der Waals surface area contributed by atoms with Crippen LogP contribution in [0.4, 0.5) is 5.69 Å². The molecular weight excluding hydrogens is 394 g/mol. The van der Waals surface area contributed by atoms with Crippen LogP contribution < -0.4 is 14.8 Å². The van der Waals surface area contributed by atoms with E-state index in [1.54, 1.807) is 51.1 Å². The molecule has 0 radical (unpaired) electrons. The van der Waals surface area contributed by atoms with Gasteiger partial charge in [0.2, 0.25) is 0 Å². The van der Waals surface area contributed by atoms with Crippen molar-refractivity contribution >= 4 is 17.6 Å². The number of ether oxygens (including phenoxy) is 3. The molecule has 0 atom stereocenters. The van der Waals surface area contributed by atoms with Crippen molar-refractivity contribution in [2.24, 2.45) is 0 Å². The average Bonchev–Trinajstić information content (AvgIpc) is 2.73. The number of esters is 1. The maximum Gasteiger partial charge on any atom is 0.340 e. The van der Waals surface area contributed by atoms with Gasteiger partial charge in [0.15, 0.2) is 6.61 Å². The number of amides is 1. The molecule has 0 aromatic heterocycles. The summed E-state index contributed by atoms with van der Waals surface area (Å²) in [4.78, 5) is 25.2. The molecule has 0 unspecified atom stereocenters. The van der Waals surface area contributed by atoms with E-state index in [0.717, 1.165) is 0 Å². The second kappa shape index (κ2) is 9.80. The van der Waals surface area contributed by atoms with E-state index in [2.05, 4.69) is 5.32 Å². The molecule has 0 bridgehead atoms. The van der Waals surface area contributed by atoms with Crippen LogP contribution in [0.5, 0.6) is 17.2 Å². The fraction of sp³-hybridized carbons (Fsp3) is 0.200. The van der Waals surface area contributed by atoms with Crippen LogP contribution in [0.2, 0.25) is 0 Å². The lowest BCUT2D eigenvalue weighted by Crippen LogP contribution is -2.26. The van der Waals surface area contributed by atoms with Crippen LogP contribution >= 0.6 is 0 Å². The van der Waals surface area contributed by atoms with Crippen molar-refractivity contribution in [3.8, 4) is 17.2 Å². The first-order valence-corrected chi connectivity index (χ1v) is 9.88. The molecule has 0 aliphatic carbocycles. The number of nitrogens with one attached hydrogen (secondary N) is 1. The maximum absolute atomic E-state index is 12.7. The zero-order valence-electron chi connectivity index (χ0n) is 17.8. The Bertz CT molecular complexity index is 1030. The van der Waals surface area contributed by atoms with Crippen molar-refractivity contribution in [3.05, 3.63) is 84.4 Å². The molecule has 31 heavy (non-hydrogen) atoms. The first kappa shape index (κ1) is 21.9. The first-order chi connectivity index (χ1) is 14.8. The molecule has 3 rings (SSSR count). The molecule has 0 saturated carbocycles. The van der Waals surface area contributed by atoms with E-state index >= 15 is 0 Å². The summed E-state index contributed by atoms with van der Waals surface area (Å²) >= 11 is 0. The third-order valence-electron chi connectivity index (χ3n) is 3.98. The largest absolute Gasteiger partial charge is 0.484 e. The Morgan fingerprint density at radius 3 is 2.03 bits per heavy atom. The zero-order chi connectivity index (χ0) is 22.3. The van der Waals surface area contributed by atoms with Gasteiger partial charge in [0.25, 0.3) is 5.91 Å². The molecule has 1 N–H and O–H groups in total. The number of carbonyl (C=O) groups excluding carboxylic acids is 2. The summed E-state index contributed by atoms with van der Waals surface area (Å²) in [5, 5.41) is 2.73. The van der Waals surface area contributed by atoms with Gasteiger partial charge in [-0.2, -0.15) is 0 Å². The number of anilines is 1. The van der Waals surface area contributed by atoms with Crippen LogP contribution in [-0.4, -0.2) is 24.1 Å². The van der Waals surface area contributed by atoms with Crippen molar-refractivity contribution in [3.63, 3.8) is 0 Å². The highest BCUT2D eigenvalue weighted by Gasteiger charge is 2.22. The minimum absolute atomic E-state index is 0.207. The minimum atomic E-state index is -0.673. The summed E-state index contributed by atoms with van der Waals surface area (Å²) in [5.74, 6) is 0.727. The second-order valence-electron chi connectivity index (χ2n) is 7.77. The van der Waals surface area contributed by atoms with E-state index in [9.17, 15) is 9.59 Å². The average molecular weight is 419 g/mol. The number of benzene rings is 3. The van der Waals surface area contributed by atoms with Gasteiger partial charge in [-0.15, -0.1) is 0 Å². The first-order valence-electron chi connectivity index (χ1n) is 9.88. The summed E-state index contributed by atoms with van der Waals surface area (Å²) in [6.45, 7) is 5.14. The van der Waals surface area contributed by atoms with Crippen LogP contribution in [0.15, 0.2) is 78.9 Å². The van der Waals surface area contributed by atoms with E-state index in [1.165, 1.54) is 0 Å². The van der Waals surface area contributed by atoms with Gasteiger partial charge < -0.3 is 19.5 Å². The minimum Gasteiger partial charge on any atom is -0.484 e. The monoisotopic (exact) mass is 419 g/mol. The highest BCUT2D eigenvalue weighted by Crippen LogP contribution is 2.28. The second-order valence-corrected chi connectivity index (χ2v) is 7.77. The Morgan fingerprint density at radius 1 is 0.806 bits per heavy atom. The molecular formula is C25H25NO5. The Kier molecular flexibility index (Phi) is 6.92. The van der Waals surface area contributed by atoms with Crippen LogP contribution in [-0.2, 0) is 9.53 Å². The van der Waals surface area contributed by atoms with Gasteiger partial charge in [-0.1, -0.05) is 36.4 Å². The number of hydrogen-bond acceptors (Lipinski definition) is 5. The van der Waals surface area contributed by atoms with Crippen molar-refractivity contribution in [1.82, 2.24) is 0 Å². The van der Waals surface area contributed by atoms with Gasteiger partial charge in [0.1, 0.15) is 22.8 Å². The van der Waals surface area contributed by atoms with E-state index in [4.69, 9.17) is 14.2 Å². The van der Waals surface area contributed by atoms with E-state index < -0.39 is 17.5 Å². The quantitative estimate of drug-likeness (QED) is 0.516. The highest BCUT2D eigenvalue weighted by molar-refractivity contribution is 6.02. The zero-order valence-corrected chi connectivity index (χ0v) is 17.8. The Morgan fingerprint density at radius 2 is 1.42 bits per heavy atom. The van der Waals surface area contributed by atoms with Gasteiger partial charge in [-0.3, -0.25) is 4.79 Å². The van der Waals surface area contributed by atoms with E-state index in [0.29, 0.717) is 17.2 Å². The van der Waals surface area contributed by atoms with Crippen LogP contribution in [0.3, 0.4) is 0 Å². The molecule has 0 saturated heterocycles. The molecule has 3 aromatic carbocycles. The van der Waals surface area contributed by atoms with Gasteiger partial charge in [0, 0.05) is 6.07 Å². The normalized spacial score (nSPS) is 10.8. The molecule has 0 aliphatic heterocycles. The van der Waals surface area contributed by atoms with Gasteiger partial charge in [-0.05, 0) is 57.2 Å². The fourth-order valence-corrected chi connectivity index (χ4v) is 2.68. The third-order valence-corrected chi connectivity index (χ3v) is 3.98. The van der Waals surface area contributed by atoms with Gasteiger partial charge >= 0.3 is 5.97 Å². The topological polar surface area (TPSA) is 73.9 Å². The lowest BCUT2D eigenvalue weighted by atomic mass is 10.1. The lowest BCUT2D eigenvalue weighted by molar-refractivity contribution is -0.118. The van der Waals surface area contributed by atoms with Crippen molar-refractivity contribution in [2.75, 3.05) is 11.9 Å². The van der Waals surface area contributed by atoms with E-state index in [-0.39, 0.29) is 17.9 Å². The number of carbonyl (C=O) groups is 2. The van der Waals surface area contributed by atoms with Crippen LogP contribution in [0.1, 0.15) is 31.1 Å². The molecule has 0 spiro atoms. The van der Waals surface area contributed by atoms with E-state index in [1.807, 2.05) is 48.5 Å². The van der Waals surface area contributed by atoms with Crippen LogP contribution in [0, 0.1) is 0 Å². The number of hydrogen-bond donors (Lipinski definition) is 1. The smallest absolute Gasteiger partial charge is 0.340 e. The van der Waals surface area contributed by atoms with Crippen molar-refractivity contribution in [1.29, 1.82) is 0 Å². The summed E-state index contributed by atoms with van der Waals surface area (Å²) in [7, 11) is 0. The summed E-state index contributed by atoms with van der Waals surface area (Å²) < 4.78 is 16.8. The predicted molar refractivity (Wildman–Crippen MR) is 119 cm³/mol. The Hall–Kier alpha value is -3.80. The highest BCUT2D eigenvalue weighted by atomic mass is 16.6. The molecule has 0 aliphatic rings. The van der Waals surface area contributed by atoms with Crippen LogP contribution in [0.25, 0.3) is 0 Å². The van der Waals surface area contributed by atoms with Gasteiger partial charge in [0.05, 0.1) is 11.3 Å². The van der Waals surface area contributed by atoms with Crippen molar-refractivity contribution in [2.45, 2.75) is 26.4 Å². The van der Waals surface area contributed by atoms with Gasteiger partial charge in [-0.25, -0.2) is 4.79 Å². The Labute approximate surface area is 181 Å². The third kappa shape index (κ3) is 6.89.